The molecule has 5 nitrogen and oxygen atoms in total. The van der Waals surface area contributed by atoms with Gasteiger partial charge in [0.05, 0.1) is 0 Å². The van der Waals surface area contributed by atoms with E-state index in [0.29, 0.717) is 5.69 Å². The molecule has 1 aromatic carbocycles. The molecule has 0 fully saturated rings. The number of rotatable bonds is 3. The number of carbonyl (C=O) groups is 2. The van der Waals surface area contributed by atoms with Crippen LogP contribution < -0.4 is 10.6 Å². The molecule has 0 saturated carbocycles. The van der Waals surface area contributed by atoms with Crippen LogP contribution in [0.1, 0.15) is 26.3 Å². The van der Waals surface area contributed by atoms with E-state index in [1.54, 1.807) is 32.9 Å². The summed E-state index contributed by atoms with van der Waals surface area (Å²) >= 11 is 0. The van der Waals surface area contributed by atoms with Crippen molar-refractivity contribution >= 4 is 17.7 Å². The molecule has 5 heteroatoms. The van der Waals surface area contributed by atoms with Gasteiger partial charge in [0.2, 0.25) is 0 Å². The Morgan fingerprint density at radius 1 is 1.16 bits per heavy atom. The molecule has 0 aliphatic rings. The predicted octanol–water partition coefficient (Wildman–Crippen LogP) is 2.46. The SMILES string of the molecule is Cc1ccc(NC(=O)NCC(=O)OC(C)(C)C)cc1. The first-order valence-electron chi connectivity index (χ1n) is 6.09. The Morgan fingerprint density at radius 3 is 2.26 bits per heavy atom. The first-order chi connectivity index (χ1) is 8.76. The quantitative estimate of drug-likeness (QED) is 0.824. The molecule has 0 bridgehead atoms. The van der Waals surface area contributed by atoms with E-state index in [9.17, 15) is 9.59 Å². The van der Waals surface area contributed by atoms with Crippen molar-refractivity contribution < 1.29 is 14.3 Å². The summed E-state index contributed by atoms with van der Waals surface area (Å²) in [5.74, 6) is -0.466. The average molecular weight is 264 g/mol. The minimum absolute atomic E-state index is 0.158. The van der Waals surface area contributed by atoms with Gasteiger partial charge in [0.1, 0.15) is 12.1 Å². The van der Waals surface area contributed by atoms with Crippen LogP contribution in [-0.2, 0) is 9.53 Å². The molecule has 1 aromatic rings. The third kappa shape index (κ3) is 6.45. The van der Waals surface area contributed by atoms with E-state index in [4.69, 9.17) is 4.74 Å². The van der Waals surface area contributed by atoms with Crippen LogP contribution in [0, 0.1) is 6.92 Å². The van der Waals surface area contributed by atoms with Gasteiger partial charge in [-0.25, -0.2) is 4.79 Å². The monoisotopic (exact) mass is 264 g/mol. The van der Waals surface area contributed by atoms with Crippen molar-refractivity contribution in [1.82, 2.24) is 5.32 Å². The molecule has 1 rings (SSSR count). The summed E-state index contributed by atoms with van der Waals surface area (Å²) in [7, 11) is 0. The van der Waals surface area contributed by atoms with Gasteiger partial charge >= 0.3 is 12.0 Å². The first-order valence-corrected chi connectivity index (χ1v) is 6.09. The van der Waals surface area contributed by atoms with Gasteiger partial charge in [-0.1, -0.05) is 17.7 Å². The van der Waals surface area contributed by atoms with Gasteiger partial charge in [-0.3, -0.25) is 4.79 Å². The molecule has 2 amide bonds. The lowest BCUT2D eigenvalue weighted by Gasteiger charge is -2.19. The van der Waals surface area contributed by atoms with E-state index < -0.39 is 17.6 Å². The molecule has 0 aliphatic heterocycles. The molecule has 0 aromatic heterocycles. The molecular weight excluding hydrogens is 244 g/mol. The summed E-state index contributed by atoms with van der Waals surface area (Å²) in [5.41, 5.74) is 1.23. The Morgan fingerprint density at radius 2 is 1.74 bits per heavy atom. The van der Waals surface area contributed by atoms with Crippen LogP contribution in [0.5, 0.6) is 0 Å². The second-order valence-corrected chi connectivity index (χ2v) is 5.26. The molecule has 0 saturated heterocycles. The Balaban J connectivity index is 2.36. The lowest BCUT2D eigenvalue weighted by molar-refractivity contribution is -0.153. The van der Waals surface area contributed by atoms with Gasteiger partial charge in [-0.2, -0.15) is 0 Å². The van der Waals surface area contributed by atoms with Crippen LogP contribution in [0.25, 0.3) is 0 Å². The number of urea groups is 1. The molecule has 0 spiro atoms. The highest BCUT2D eigenvalue weighted by Crippen LogP contribution is 2.08. The Labute approximate surface area is 113 Å². The highest BCUT2D eigenvalue weighted by atomic mass is 16.6. The predicted molar refractivity (Wildman–Crippen MR) is 74.0 cm³/mol. The highest BCUT2D eigenvalue weighted by Gasteiger charge is 2.16. The van der Waals surface area contributed by atoms with Gasteiger partial charge in [0.15, 0.2) is 0 Å². The van der Waals surface area contributed by atoms with E-state index in [1.165, 1.54) is 0 Å². The Bertz CT molecular complexity index is 447. The smallest absolute Gasteiger partial charge is 0.325 e. The molecule has 0 aliphatic carbocycles. The first kappa shape index (κ1) is 15.0. The molecule has 0 heterocycles. The van der Waals surface area contributed by atoms with E-state index in [-0.39, 0.29) is 6.54 Å². The van der Waals surface area contributed by atoms with Crippen molar-refractivity contribution in [2.75, 3.05) is 11.9 Å². The van der Waals surface area contributed by atoms with Gasteiger partial charge < -0.3 is 15.4 Å². The highest BCUT2D eigenvalue weighted by molar-refractivity contribution is 5.91. The topological polar surface area (TPSA) is 67.4 Å². The Hall–Kier alpha value is -2.04. The maximum atomic E-state index is 11.5. The number of amides is 2. The van der Waals surface area contributed by atoms with Gasteiger partial charge in [0.25, 0.3) is 0 Å². The fraction of sp³-hybridized carbons (Fsp3) is 0.429. The average Bonchev–Trinajstić information content (AvgIpc) is 2.27. The van der Waals surface area contributed by atoms with Gasteiger partial charge in [0, 0.05) is 5.69 Å². The number of anilines is 1. The van der Waals surface area contributed by atoms with Crippen molar-refractivity contribution in [3.63, 3.8) is 0 Å². The van der Waals surface area contributed by atoms with Crippen molar-refractivity contribution in [1.29, 1.82) is 0 Å². The fourth-order valence-electron chi connectivity index (χ4n) is 1.34. The summed E-state index contributed by atoms with van der Waals surface area (Å²) in [6.45, 7) is 7.13. The number of carbonyl (C=O) groups excluding carboxylic acids is 2. The minimum Gasteiger partial charge on any atom is -0.459 e. The molecule has 19 heavy (non-hydrogen) atoms. The number of hydrogen-bond acceptors (Lipinski definition) is 3. The van der Waals surface area contributed by atoms with E-state index in [1.807, 2.05) is 19.1 Å². The van der Waals surface area contributed by atoms with E-state index >= 15 is 0 Å². The number of nitrogens with one attached hydrogen (secondary N) is 2. The van der Waals surface area contributed by atoms with Crippen LogP contribution in [-0.4, -0.2) is 24.1 Å². The largest absolute Gasteiger partial charge is 0.459 e. The van der Waals surface area contributed by atoms with Crippen molar-refractivity contribution in [3.05, 3.63) is 29.8 Å². The van der Waals surface area contributed by atoms with E-state index in [2.05, 4.69) is 10.6 Å². The molecule has 104 valence electrons. The van der Waals surface area contributed by atoms with Crippen LogP contribution in [0.15, 0.2) is 24.3 Å². The third-order valence-electron chi connectivity index (χ3n) is 2.12. The van der Waals surface area contributed by atoms with Gasteiger partial charge in [-0.15, -0.1) is 0 Å². The second-order valence-electron chi connectivity index (χ2n) is 5.26. The molecular formula is C14H20N2O3. The molecule has 0 unspecified atom stereocenters. The normalized spacial score (nSPS) is 10.7. The zero-order chi connectivity index (χ0) is 14.5. The van der Waals surface area contributed by atoms with Crippen molar-refractivity contribution in [2.45, 2.75) is 33.3 Å². The fourth-order valence-corrected chi connectivity index (χ4v) is 1.34. The van der Waals surface area contributed by atoms with Crippen molar-refractivity contribution in [3.8, 4) is 0 Å². The number of hydrogen-bond donors (Lipinski definition) is 2. The minimum atomic E-state index is -0.549. The summed E-state index contributed by atoms with van der Waals surface area (Å²) in [6, 6.07) is 6.94. The second kappa shape index (κ2) is 6.22. The molecule has 0 atom stereocenters. The summed E-state index contributed by atoms with van der Waals surface area (Å²) in [4.78, 5) is 22.9. The third-order valence-corrected chi connectivity index (χ3v) is 2.12. The molecule has 2 N–H and O–H groups in total. The zero-order valence-corrected chi connectivity index (χ0v) is 11.7. The van der Waals surface area contributed by atoms with E-state index in [0.717, 1.165) is 5.56 Å². The number of ether oxygens (including phenoxy) is 1. The number of aryl methyl sites for hydroxylation is 1. The maximum Gasteiger partial charge on any atom is 0.325 e. The number of benzene rings is 1. The summed E-state index contributed by atoms with van der Waals surface area (Å²) in [5, 5.41) is 5.07. The van der Waals surface area contributed by atoms with Crippen LogP contribution in [0.3, 0.4) is 0 Å². The van der Waals surface area contributed by atoms with Crippen LogP contribution in [0.4, 0.5) is 10.5 Å². The summed E-state index contributed by atoms with van der Waals surface area (Å²) in [6.07, 6.45) is 0. The Kier molecular flexibility index (Phi) is 4.92. The van der Waals surface area contributed by atoms with Crippen molar-refractivity contribution in [2.24, 2.45) is 0 Å². The lowest BCUT2D eigenvalue weighted by Crippen LogP contribution is -2.36. The lowest BCUT2D eigenvalue weighted by atomic mass is 10.2. The maximum absolute atomic E-state index is 11.5. The number of esters is 1. The zero-order valence-electron chi connectivity index (χ0n) is 11.7. The van der Waals surface area contributed by atoms with Crippen LogP contribution in [0.2, 0.25) is 0 Å². The van der Waals surface area contributed by atoms with Gasteiger partial charge in [-0.05, 0) is 39.8 Å². The van der Waals surface area contributed by atoms with Crippen LogP contribution >= 0.6 is 0 Å². The summed E-state index contributed by atoms with van der Waals surface area (Å²) < 4.78 is 5.07. The standard InChI is InChI=1S/C14H20N2O3/c1-10-5-7-11(8-6-10)16-13(18)15-9-12(17)19-14(2,3)4/h5-8H,9H2,1-4H3,(H2,15,16,18). The molecule has 0 radical (unpaired) electrons.